The van der Waals surface area contributed by atoms with Gasteiger partial charge in [-0.2, -0.15) is 0 Å². The van der Waals surface area contributed by atoms with Gasteiger partial charge in [-0.25, -0.2) is 0 Å². The Morgan fingerprint density at radius 1 is 1.25 bits per heavy atom. The average Bonchev–Trinajstić information content (AvgIpc) is 2.16. The summed E-state index contributed by atoms with van der Waals surface area (Å²) in [7, 11) is -1.05. The lowest BCUT2D eigenvalue weighted by molar-refractivity contribution is -0.0990. The Hall–Kier alpha value is -0.0431. The second kappa shape index (κ2) is 4.01. The second-order valence-corrected chi connectivity index (χ2v) is 12.1. The second-order valence-electron chi connectivity index (χ2n) is 7.39. The molecule has 1 heteroatoms. The van der Waals surface area contributed by atoms with Crippen LogP contribution < -0.4 is 0 Å². The maximum absolute atomic E-state index is 2.53. The number of hydrogen-bond acceptors (Lipinski definition) is 0. The Labute approximate surface area is 103 Å². The predicted molar refractivity (Wildman–Crippen MR) is 75.2 cm³/mol. The van der Waals surface area contributed by atoms with Gasteiger partial charge in [-0.1, -0.05) is 51.2 Å². The monoisotopic (exact) mass is 236 g/mol. The molecule has 3 saturated carbocycles. The Balaban J connectivity index is 2.01. The third-order valence-corrected chi connectivity index (χ3v) is 8.22. The zero-order chi connectivity index (χ0) is 12.0. The molecule has 0 N–H and O–H groups in total. The van der Waals surface area contributed by atoms with Crippen LogP contribution in [-0.4, -0.2) is 8.07 Å². The third-order valence-electron chi connectivity index (χ3n) is 5.41. The predicted octanol–water partition coefficient (Wildman–Crippen LogP) is 4.88. The number of allylic oxidation sites excluding steroid dienone is 1. The Morgan fingerprint density at radius 2 is 1.94 bits per heavy atom. The summed E-state index contributed by atoms with van der Waals surface area (Å²) in [6.45, 7) is 12.3. The molecule has 3 atom stereocenters. The van der Waals surface area contributed by atoms with Gasteiger partial charge in [0.1, 0.15) is 0 Å². The Morgan fingerprint density at radius 3 is 2.44 bits per heavy atom. The van der Waals surface area contributed by atoms with Gasteiger partial charge >= 0.3 is 0 Å². The summed E-state index contributed by atoms with van der Waals surface area (Å²) in [6.07, 6.45) is 6.85. The minimum absolute atomic E-state index is 0.670. The molecule has 0 aromatic rings. The average molecular weight is 236 g/mol. The largest absolute Gasteiger partial charge is 0.0989 e. The molecular weight excluding hydrogens is 208 g/mol. The lowest BCUT2D eigenvalue weighted by Gasteiger charge is -2.61. The summed E-state index contributed by atoms with van der Waals surface area (Å²) < 4.78 is 0. The van der Waals surface area contributed by atoms with Gasteiger partial charge in [-0.3, -0.25) is 0 Å². The van der Waals surface area contributed by atoms with Gasteiger partial charge in [0.15, 0.2) is 0 Å². The maximum atomic E-state index is 2.53. The molecular formula is C15H28Si. The van der Waals surface area contributed by atoms with Gasteiger partial charge in [0, 0.05) is 0 Å². The summed E-state index contributed by atoms with van der Waals surface area (Å²) in [5.41, 5.74) is 3.20. The summed E-state index contributed by atoms with van der Waals surface area (Å²) in [5, 5.41) is 0. The van der Waals surface area contributed by atoms with Crippen molar-refractivity contribution in [2.75, 3.05) is 0 Å². The van der Waals surface area contributed by atoms with Gasteiger partial charge in [0.25, 0.3) is 0 Å². The number of hydrogen-bond donors (Lipinski definition) is 0. The number of rotatable bonds is 3. The van der Waals surface area contributed by atoms with E-state index >= 15 is 0 Å². The van der Waals surface area contributed by atoms with E-state index in [-0.39, 0.29) is 0 Å². The normalized spacial score (nSPS) is 37.4. The van der Waals surface area contributed by atoms with Crippen LogP contribution in [0.3, 0.4) is 0 Å². The first-order chi connectivity index (χ1) is 7.37. The van der Waals surface area contributed by atoms with Gasteiger partial charge < -0.3 is 0 Å². The van der Waals surface area contributed by atoms with Gasteiger partial charge in [0.05, 0.1) is 8.07 Å². The van der Waals surface area contributed by atoms with Crippen molar-refractivity contribution in [1.29, 1.82) is 0 Å². The van der Waals surface area contributed by atoms with Crippen molar-refractivity contribution in [3.8, 4) is 0 Å². The van der Waals surface area contributed by atoms with E-state index in [1.54, 1.807) is 0 Å². The van der Waals surface area contributed by atoms with Crippen molar-refractivity contribution in [1.82, 2.24) is 0 Å². The van der Waals surface area contributed by atoms with E-state index in [1.165, 1.54) is 25.3 Å². The lowest BCUT2D eigenvalue weighted by atomic mass is 9.46. The molecule has 3 rings (SSSR count). The molecule has 0 nitrogen and oxygen atoms in total. The molecule has 0 radical (unpaired) electrons. The smallest absolute Gasteiger partial charge is 0.0715 e. The minimum Gasteiger partial charge on any atom is -0.0989 e. The maximum Gasteiger partial charge on any atom is 0.0715 e. The Bertz CT molecular complexity index is 286. The summed E-state index contributed by atoms with van der Waals surface area (Å²) in [4.78, 5) is 0. The van der Waals surface area contributed by atoms with Crippen LogP contribution in [0.15, 0.2) is 11.8 Å². The molecule has 3 aliphatic rings. The van der Waals surface area contributed by atoms with E-state index < -0.39 is 8.07 Å². The van der Waals surface area contributed by atoms with Crippen LogP contribution in [0.25, 0.3) is 0 Å². The highest BCUT2D eigenvalue weighted by Gasteiger charge is 2.54. The van der Waals surface area contributed by atoms with E-state index in [0.717, 1.165) is 17.8 Å². The van der Waals surface area contributed by atoms with Crippen molar-refractivity contribution in [3.63, 3.8) is 0 Å². The zero-order valence-corrected chi connectivity index (χ0v) is 12.7. The van der Waals surface area contributed by atoms with Gasteiger partial charge in [0.2, 0.25) is 0 Å². The highest BCUT2D eigenvalue weighted by atomic mass is 28.3. The summed E-state index contributed by atoms with van der Waals surface area (Å²) >= 11 is 0. The van der Waals surface area contributed by atoms with Crippen molar-refractivity contribution < 1.29 is 0 Å². The molecule has 3 unspecified atom stereocenters. The lowest BCUT2D eigenvalue weighted by Crippen LogP contribution is -2.53. The SMILES string of the molecule is CC=C[Si](C)(C)CC1CCC2CC1C2(C)C. The molecule has 3 fully saturated rings. The molecule has 16 heavy (non-hydrogen) atoms. The Kier molecular flexibility index (Phi) is 3.11. The van der Waals surface area contributed by atoms with Crippen molar-refractivity contribution in [2.24, 2.45) is 23.2 Å². The molecule has 0 heterocycles. The molecule has 0 aromatic heterocycles. The van der Waals surface area contributed by atoms with Crippen LogP contribution in [0.4, 0.5) is 0 Å². The minimum atomic E-state index is -1.05. The molecule has 0 saturated heterocycles. The first-order valence-corrected chi connectivity index (χ1v) is 10.3. The van der Waals surface area contributed by atoms with E-state index in [9.17, 15) is 0 Å². The van der Waals surface area contributed by atoms with Crippen molar-refractivity contribution in [2.45, 2.75) is 59.2 Å². The molecule has 0 aromatic carbocycles. The molecule has 2 bridgehead atoms. The quantitative estimate of drug-likeness (QED) is 0.613. The molecule has 0 aliphatic heterocycles. The van der Waals surface area contributed by atoms with E-state index in [0.29, 0.717) is 5.41 Å². The van der Waals surface area contributed by atoms with Gasteiger partial charge in [-0.15, -0.1) is 0 Å². The van der Waals surface area contributed by atoms with E-state index in [4.69, 9.17) is 0 Å². The first kappa shape index (κ1) is 12.4. The van der Waals surface area contributed by atoms with E-state index in [1.807, 2.05) is 0 Å². The zero-order valence-electron chi connectivity index (χ0n) is 11.7. The first-order valence-electron chi connectivity index (χ1n) is 7.00. The van der Waals surface area contributed by atoms with Crippen molar-refractivity contribution in [3.05, 3.63) is 11.8 Å². The summed E-state index contributed by atoms with van der Waals surface area (Å²) in [5.74, 6) is 3.14. The topological polar surface area (TPSA) is 0 Å². The number of fused-ring (bicyclic) bond motifs is 2. The fourth-order valence-corrected chi connectivity index (χ4v) is 7.28. The fourth-order valence-electron chi connectivity index (χ4n) is 4.40. The van der Waals surface area contributed by atoms with Crippen LogP contribution in [-0.2, 0) is 0 Å². The third kappa shape index (κ3) is 2.03. The molecule has 0 amide bonds. The van der Waals surface area contributed by atoms with Crippen LogP contribution >= 0.6 is 0 Å². The van der Waals surface area contributed by atoms with Gasteiger partial charge in [-0.05, 0) is 42.9 Å². The van der Waals surface area contributed by atoms with Crippen LogP contribution in [0.5, 0.6) is 0 Å². The van der Waals surface area contributed by atoms with Crippen molar-refractivity contribution >= 4 is 8.07 Å². The molecule has 92 valence electrons. The molecule has 0 spiro atoms. The van der Waals surface area contributed by atoms with Crippen LogP contribution in [0.2, 0.25) is 19.1 Å². The van der Waals surface area contributed by atoms with E-state index in [2.05, 4.69) is 45.6 Å². The highest BCUT2D eigenvalue weighted by molar-refractivity contribution is 6.82. The summed E-state index contributed by atoms with van der Waals surface area (Å²) in [6, 6.07) is 1.53. The molecule has 3 aliphatic carbocycles. The van der Waals surface area contributed by atoms with Crippen LogP contribution in [0.1, 0.15) is 40.0 Å². The van der Waals surface area contributed by atoms with Crippen LogP contribution in [0, 0.1) is 23.2 Å². The standard InChI is InChI=1S/C15H28Si/c1-6-9-16(4,5)11-12-7-8-13-10-14(12)15(13,2)3/h6,9,12-14H,7-8,10-11H2,1-5H3. The fraction of sp³-hybridized carbons (Fsp3) is 0.867. The highest BCUT2D eigenvalue weighted by Crippen LogP contribution is 2.62.